The number of sulfonamides is 1. The molecule has 1 aromatic rings. The summed E-state index contributed by atoms with van der Waals surface area (Å²) in [5, 5.41) is 16.5. The Morgan fingerprint density at radius 1 is 1.39 bits per heavy atom. The number of carbonyl (C=O) groups is 2. The Balaban J connectivity index is 2.93. The fourth-order valence-corrected chi connectivity index (χ4v) is 2.85. The number of nitrogens with two attached hydrogens (primary N) is 1. The highest BCUT2D eigenvalue weighted by molar-refractivity contribution is 7.89. The number of hydrogen-bond acceptors (Lipinski definition) is 4. The standard InChI is InChI=1S/C14H21N3O5S/c1-4-10-5-6-11(7-12(10)23(15,21)22)16-14(20)17(3)8-9(2)13(18)19/h5-7,9H,4,8H2,1-3H3,(H,16,20)(H,18,19)(H2,15,21,22). The molecule has 0 radical (unpaired) electrons. The van der Waals surface area contributed by atoms with E-state index in [9.17, 15) is 18.0 Å². The second-order valence-corrected chi connectivity index (χ2v) is 6.80. The van der Waals surface area contributed by atoms with E-state index in [-0.39, 0.29) is 17.1 Å². The van der Waals surface area contributed by atoms with Crippen LogP contribution in [0.4, 0.5) is 10.5 Å². The zero-order valence-electron chi connectivity index (χ0n) is 13.2. The van der Waals surface area contributed by atoms with Crippen LogP contribution in [0.5, 0.6) is 0 Å². The van der Waals surface area contributed by atoms with Gasteiger partial charge in [0.1, 0.15) is 0 Å². The minimum absolute atomic E-state index is 0.0241. The lowest BCUT2D eigenvalue weighted by Gasteiger charge is -2.20. The van der Waals surface area contributed by atoms with Crippen LogP contribution in [0.25, 0.3) is 0 Å². The molecule has 0 aliphatic rings. The summed E-state index contributed by atoms with van der Waals surface area (Å²) in [5.74, 6) is -1.72. The summed E-state index contributed by atoms with van der Waals surface area (Å²) in [4.78, 5) is 24.0. The average Bonchev–Trinajstić information content (AvgIpc) is 2.45. The number of primary sulfonamides is 1. The first-order valence-corrected chi connectivity index (χ1v) is 8.51. The number of nitrogens with one attached hydrogen (secondary N) is 1. The second kappa shape index (κ2) is 7.42. The van der Waals surface area contributed by atoms with Crippen molar-refractivity contribution in [3.05, 3.63) is 23.8 Å². The molecule has 23 heavy (non-hydrogen) atoms. The topological polar surface area (TPSA) is 130 Å². The Kier molecular flexibility index (Phi) is 6.11. The molecule has 128 valence electrons. The van der Waals surface area contributed by atoms with Crippen molar-refractivity contribution in [3.63, 3.8) is 0 Å². The Hall–Kier alpha value is -2.13. The first-order chi connectivity index (χ1) is 10.6. The van der Waals surface area contributed by atoms with Gasteiger partial charge in [-0.3, -0.25) is 4.79 Å². The molecule has 0 aromatic heterocycles. The molecule has 0 aliphatic carbocycles. The third kappa shape index (κ3) is 5.22. The van der Waals surface area contributed by atoms with Crippen molar-refractivity contribution >= 4 is 27.7 Å². The molecule has 2 amide bonds. The lowest BCUT2D eigenvalue weighted by Crippen LogP contribution is -2.36. The number of aryl methyl sites for hydroxylation is 1. The number of urea groups is 1. The summed E-state index contributed by atoms with van der Waals surface area (Å²) in [6.07, 6.45) is 0.482. The first kappa shape index (κ1) is 18.9. The van der Waals surface area contributed by atoms with Crippen LogP contribution in [-0.2, 0) is 21.2 Å². The fourth-order valence-electron chi connectivity index (χ4n) is 1.98. The maximum Gasteiger partial charge on any atom is 0.321 e. The van der Waals surface area contributed by atoms with E-state index in [2.05, 4.69) is 5.32 Å². The van der Waals surface area contributed by atoms with Gasteiger partial charge in [-0.05, 0) is 24.1 Å². The Bertz CT molecular complexity index is 702. The second-order valence-electron chi connectivity index (χ2n) is 5.27. The lowest BCUT2D eigenvalue weighted by molar-refractivity contribution is -0.141. The van der Waals surface area contributed by atoms with Gasteiger partial charge in [0.15, 0.2) is 0 Å². The quantitative estimate of drug-likeness (QED) is 0.711. The molecule has 0 spiro atoms. The van der Waals surface area contributed by atoms with E-state index in [1.54, 1.807) is 19.1 Å². The van der Waals surface area contributed by atoms with Gasteiger partial charge in [0.25, 0.3) is 0 Å². The zero-order chi connectivity index (χ0) is 17.8. The Labute approximate surface area is 135 Å². The number of nitrogens with zero attached hydrogens (tertiary/aromatic N) is 1. The van der Waals surface area contributed by atoms with Gasteiger partial charge >= 0.3 is 12.0 Å². The van der Waals surface area contributed by atoms with Crippen molar-refractivity contribution in [2.45, 2.75) is 25.2 Å². The third-order valence-electron chi connectivity index (χ3n) is 3.32. The molecular weight excluding hydrogens is 322 g/mol. The maximum absolute atomic E-state index is 12.0. The molecule has 1 atom stereocenters. The van der Waals surface area contributed by atoms with E-state index >= 15 is 0 Å². The highest BCUT2D eigenvalue weighted by Crippen LogP contribution is 2.20. The van der Waals surface area contributed by atoms with Gasteiger partial charge in [-0.1, -0.05) is 19.9 Å². The molecule has 0 fully saturated rings. The van der Waals surface area contributed by atoms with Crippen LogP contribution in [0.15, 0.2) is 23.1 Å². The molecule has 8 nitrogen and oxygen atoms in total. The maximum atomic E-state index is 12.0. The number of benzene rings is 1. The lowest BCUT2D eigenvalue weighted by atomic mass is 10.1. The number of hydrogen-bond donors (Lipinski definition) is 3. The monoisotopic (exact) mass is 343 g/mol. The molecule has 0 aliphatic heterocycles. The number of carbonyl (C=O) groups excluding carboxylic acids is 1. The molecule has 1 aromatic carbocycles. The summed E-state index contributed by atoms with van der Waals surface area (Å²) in [7, 11) is -2.44. The van der Waals surface area contributed by atoms with Crippen LogP contribution < -0.4 is 10.5 Å². The number of amides is 2. The van der Waals surface area contributed by atoms with E-state index in [0.717, 1.165) is 0 Å². The molecule has 1 rings (SSSR count). The largest absolute Gasteiger partial charge is 0.481 e. The van der Waals surface area contributed by atoms with Crippen LogP contribution in [0, 0.1) is 5.92 Å². The number of carboxylic acids is 1. The molecule has 1 unspecified atom stereocenters. The van der Waals surface area contributed by atoms with E-state index in [0.29, 0.717) is 12.0 Å². The summed E-state index contributed by atoms with van der Waals surface area (Å²) >= 11 is 0. The van der Waals surface area contributed by atoms with E-state index in [1.807, 2.05) is 0 Å². The van der Waals surface area contributed by atoms with Gasteiger partial charge < -0.3 is 15.3 Å². The van der Waals surface area contributed by atoms with E-state index in [1.165, 1.54) is 24.9 Å². The van der Waals surface area contributed by atoms with Crippen molar-refractivity contribution in [2.24, 2.45) is 11.1 Å². The SMILES string of the molecule is CCc1ccc(NC(=O)N(C)CC(C)C(=O)O)cc1S(N)(=O)=O. The molecule has 0 saturated heterocycles. The van der Waals surface area contributed by atoms with Gasteiger partial charge in [0, 0.05) is 19.3 Å². The summed E-state index contributed by atoms with van der Waals surface area (Å²) in [6, 6.07) is 3.90. The molecule has 4 N–H and O–H groups in total. The minimum Gasteiger partial charge on any atom is -0.481 e. The van der Waals surface area contributed by atoms with Crippen molar-refractivity contribution in [3.8, 4) is 0 Å². The Morgan fingerprint density at radius 2 is 2.00 bits per heavy atom. The smallest absolute Gasteiger partial charge is 0.321 e. The molecule has 9 heteroatoms. The first-order valence-electron chi connectivity index (χ1n) is 6.97. The highest BCUT2D eigenvalue weighted by atomic mass is 32.2. The predicted octanol–water partition coefficient (Wildman–Crippen LogP) is 1.08. The summed E-state index contributed by atoms with van der Waals surface area (Å²) in [5.41, 5.74) is 0.824. The third-order valence-corrected chi connectivity index (χ3v) is 4.31. The van der Waals surface area contributed by atoms with E-state index < -0.39 is 27.9 Å². The predicted molar refractivity (Wildman–Crippen MR) is 85.6 cm³/mol. The van der Waals surface area contributed by atoms with Crippen molar-refractivity contribution in [1.82, 2.24) is 4.90 Å². The normalized spacial score (nSPS) is 12.5. The molecule has 0 saturated carbocycles. The molecular formula is C14H21N3O5S. The number of anilines is 1. The summed E-state index contributed by atoms with van der Waals surface area (Å²) in [6.45, 7) is 3.31. The summed E-state index contributed by atoms with van der Waals surface area (Å²) < 4.78 is 23.2. The minimum atomic E-state index is -3.90. The van der Waals surface area contributed by atoms with Gasteiger partial charge in [-0.15, -0.1) is 0 Å². The van der Waals surface area contributed by atoms with Gasteiger partial charge in [-0.2, -0.15) is 0 Å². The highest BCUT2D eigenvalue weighted by Gasteiger charge is 2.19. The van der Waals surface area contributed by atoms with Crippen molar-refractivity contribution < 1.29 is 23.1 Å². The van der Waals surface area contributed by atoms with Gasteiger partial charge in [0.05, 0.1) is 10.8 Å². The zero-order valence-corrected chi connectivity index (χ0v) is 14.1. The van der Waals surface area contributed by atoms with Crippen LogP contribution >= 0.6 is 0 Å². The number of carboxylic acid groups (broad SMARTS) is 1. The van der Waals surface area contributed by atoms with Crippen LogP contribution in [0.1, 0.15) is 19.4 Å². The van der Waals surface area contributed by atoms with Crippen molar-refractivity contribution in [2.75, 3.05) is 18.9 Å². The van der Waals surface area contributed by atoms with Gasteiger partial charge in [-0.25, -0.2) is 18.4 Å². The molecule has 0 bridgehead atoms. The van der Waals surface area contributed by atoms with Crippen LogP contribution in [0.2, 0.25) is 0 Å². The van der Waals surface area contributed by atoms with E-state index in [4.69, 9.17) is 10.2 Å². The number of rotatable bonds is 6. The van der Waals surface area contributed by atoms with Crippen molar-refractivity contribution in [1.29, 1.82) is 0 Å². The van der Waals surface area contributed by atoms with Gasteiger partial charge in [0.2, 0.25) is 10.0 Å². The van der Waals surface area contributed by atoms with Crippen LogP contribution in [0.3, 0.4) is 0 Å². The Morgan fingerprint density at radius 3 is 2.48 bits per heavy atom. The van der Waals surface area contributed by atoms with Crippen LogP contribution in [-0.4, -0.2) is 44.0 Å². The molecule has 0 heterocycles. The number of aliphatic carboxylic acids is 1. The average molecular weight is 343 g/mol. The fraction of sp³-hybridized carbons (Fsp3) is 0.429.